The van der Waals surface area contributed by atoms with E-state index < -0.39 is 11.9 Å². The van der Waals surface area contributed by atoms with Crippen molar-refractivity contribution >= 4 is 11.9 Å². The number of rotatable bonds is 5. The van der Waals surface area contributed by atoms with Crippen LogP contribution >= 0.6 is 0 Å². The number of aryl methyl sites for hydroxylation is 2. The molecule has 1 heterocycles. The first-order valence-electron chi connectivity index (χ1n) is 5.89. The van der Waals surface area contributed by atoms with E-state index in [1.807, 2.05) is 0 Å². The lowest BCUT2D eigenvalue weighted by atomic mass is 10.2. The van der Waals surface area contributed by atoms with Gasteiger partial charge in [-0.1, -0.05) is 0 Å². The molecule has 1 aromatic heterocycles. The highest BCUT2D eigenvalue weighted by Gasteiger charge is 2.13. The molecule has 0 bridgehead atoms. The third-order valence-corrected chi connectivity index (χ3v) is 2.30. The summed E-state index contributed by atoms with van der Waals surface area (Å²) in [6.07, 6.45) is 1.07. The predicted molar refractivity (Wildman–Crippen MR) is 69.1 cm³/mol. The number of carbonyl (C=O) groups is 2. The second-order valence-corrected chi connectivity index (χ2v) is 3.82. The maximum atomic E-state index is 11.8. The van der Waals surface area contributed by atoms with Gasteiger partial charge in [0.25, 0.3) is 5.91 Å². The fourth-order valence-corrected chi connectivity index (χ4v) is 1.44. The zero-order chi connectivity index (χ0) is 15.1. The number of hydrogen-bond donors (Lipinski definition) is 2. The lowest BCUT2D eigenvalue weighted by molar-refractivity contribution is -0.138. The molecule has 0 atom stereocenters. The maximum Gasteiger partial charge on any atom is 0.350 e. The van der Waals surface area contributed by atoms with E-state index in [1.54, 1.807) is 32.9 Å². The summed E-state index contributed by atoms with van der Waals surface area (Å²) in [6, 6.07) is 3.26. The zero-order valence-corrected chi connectivity index (χ0v) is 11.4. The van der Waals surface area contributed by atoms with E-state index >= 15 is 0 Å². The molecule has 7 heteroatoms. The van der Waals surface area contributed by atoms with Gasteiger partial charge in [0.05, 0.1) is 12.2 Å². The van der Waals surface area contributed by atoms with E-state index in [0.29, 0.717) is 17.1 Å². The van der Waals surface area contributed by atoms with Crippen molar-refractivity contribution in [3.8, 4) is 6.07 Å². The van der Waals surface area contributed by atoms with E-state index in [1.165, 1.54) is 0 Å². The van der Waals surface area contributed by atoms with Gasteiger partial charge in [-0.15, -0.1) is 0 Å². The van der Waals surface area contributed by atoms with E-state index in [0.717, 1.165) is 6.20 Å². The zero-order valence-electron chi connectivity index (χ0n) is 11.4. The van der Waals surface area contributed by atoms with Gasteiger partial charge in [0.2, 0.25) is 0 Å². The number of nitriles is 1. The third kappa shape index (κ3) is 3.88. The summed E-state index contributed by atoms with van der Waals surface area (Å²) in [5, 5.41) is 8.77. The first kappa shape index (κ1) is 15.3. The Morgan fingerprint density at radius 3 is 2.70 bits per heavy atom. The maximum absolute atomic E-state index is 11.8. The second kappa shape index (κ2) is 6.99. The smallest absolute Gasteiger partial charge is 0.350 e. The second-order valence-electron chi connectivity index (χ2n) is 3.82. The Bertz CT molecular complexity index is 581. The average molecular weight is 277 g/mol. The van der Waals surface area contributed by atoms with E-state index in [9.17, 15) is 9.59 Å². The molecule has 0 saturated heterocycles. The number of carbonyl (C=O) groups excluding carboxylic acids is 2. The summed E-state index contributed by atoms with van der Waals surface area (Å²) < 4.78 is 9.89. The Morgan fingerprint density at radius 2 is 2.20 bits per heavy atom. The minimum absolute atomic E-state index is 0.164. The summed E-state index contributed by atoms with van der Waals surface area (Å²) >= 11 is 0. The topological polar surface area (TPSA) is 104 Å². The highest BCUT2D eigenvalue weighted by Crippen LogP contribution is 2.12. The van der Waals surface area contributed by atoms with Crippen LogP contribution in [0.2, 0.25) is 0 Å². The van der Waals surface area contributed by atoms with Gasteiger partial charge in [-0.2, -0.15) is 5.26 Å². The molecule has 0 saturated carbocycles. The molecule has 0 aromatic carbocycles. The van der Waals surface area contributed by atoms with Crippen LogP contribution in [-0.2, 0) is 9.53 Å². The Balaban J connectivity index is 2.63. The fraction of sp³-hybridized carbons (Fsp3) is 0.308. The Hall–Kier alpha value is -2.75. The summed E-state index contributed by atoms with van der Waals surface area (Å²) in [6.45, 7) is 5.19. The molecule has 7 nitrogen and oxygen atoms in total. The molecule has 0 fully saturated rings. The molecule has 20 heavy (non-hydrogen) atoms. The fourth-order valence-electron chi connectivity index (χ4n) is 1.44. The van der Waals surface area contributed by atoms with Crippen LogP contribution in [0.1, 0.15) is 28.8 Å². The highest BCUT2D eigenvalue weighted by atomic mass is 16.5. The standard InChI is InChI=1S/C13H15N3O4/c1-4-19-13(18)10(6-14)7-15-16-12(17)11-5-8(2)20-9(11)3/h5,7,15H,4H2,1-3H3,(H,16,17)/b10-7+. The summed E-state index contributed by atoms with van der Waals surface area (Å²) in [4.78, 5) is 23.1. The van der Waals surface area contributed by atoms with Gasteiger partial charge in [0.1, 0.15) is 17.6 Å². The normalized spacial score (nSPS) is 10.6. The van der Waals surface area contributed by atoms with E-state index in [2.05, 4.69) is 15.6 Å². The molecule has 1 amide bonds. The molecule has 1 rings (SSSR count). The van der Waals surface area contributed by atoms with Crippen molar-refractivity contribution in [2.75, 3.05) is 6.61 Å². The molecule has 0 radical (unpaired) electrons. The first-order chi connectivity index (χ1) is 9.49. The number of nitrogens with zero attached hydrogens (tertiary/aromatic N) is 1. The Kier molecular flexibility index (Phi) is 5.35. The molecular formula is C13H15N3O4. The number of esters is 1. The number of nitrogens with one attached hydrogen (secondary N) is 2. The lowest BCUT2D eigenvalue weighted by Crippen LogP contribution is -2.34. The van der Waals surface area contributed by atoms with Crippen molar-refractivity contribution in [3.05, 3.63) is 34.9 Å². The van der Waals surface area contributed by atoms with Crippen molar-refractivity contribution in [2.45, 2.75) is 20.8 Å². The third-order valence-electron chi connectivity index (χ3n) is 2.30. The molecule has 0 aliphatic carbocycles. The highest BCUT2D eigenvalue weighted by molar-refractivity contribution is 5.95. The predicted octanol–water partition coefficient (Wildman–Crippen LogP) is 1.10. The number of amides is 1. The summed E-state index contributed by atoms with van der Waals surface area (Å²) in [5.41, 5.74) is 4.84. The van der Waals surface area contributed by atoms with E-state index in [4.69, 9.17) is 9.68 Å². The van der Waals surface area contributed by atoms with Crippen molar-refractivity contribution in [1.29, 1.82) is 5.26 Å². The van der Waals surface area contributed by atoms with Gasteiger partial charge in [0, 0.05) is 6.20 Å². The lowest BCUT2D eigenvalue weighted by Gasteiger charge is -2.04. The van der Waals surface area contributed by atoms with Crippen molar-refractivity contribution in [3.63, 3.8) is 0 Å². The van der Waals surface area contributed by atoms with Crippen LogP contribution in [0.5, 0.6) is 0 Å². The number of furan rings is 1. The van der Waals surface area contributed by atoms with Crippen LogP contribution < -0.4 is 10.9 Å². The molecule has 0 spiro atoms. The Labute approximate surface area is 116 Å². The van der Waals surface area contributed by atoms with Gasteiger partial charge in [-0.05, 0) is 26.8 Å². The molecular weight excluding hydrogens is 262 g/mol. The number of hydrazine groups is 1. The van der Waals surface area contributed by atoms with Gasteiger partial charge in [-0.25, -0.2) is 4.79 Å². The van der Waals surface area contributed by atoms with Crippen LogP contribution in [0.3, 0.4) is 0 Å². The van der Waals surface area contributed by atoms with Crippen LogP contribution in [-0.4, -0.2) is 18.5 Å². The van der Waals surface area contributed by atoms with Crippen molar-refractivity contribution in [1.82, 2.24) is 10.9 Å². The summed E-state index contributed by atoms with van der Waals surface area (Å²) in [5.74, 6) is -0.0899. The molecule has 0 aliphatic heterocycles. The quantitative estimate of drug-likeness (QED) is 0.361. The molecule has 0 unspecified atom stereocenters. The van der Waals surface area contributed by atoms with Crippen LogP contribution in [0.4, 0.5) is 0 Å². The SMILES string of the molecule is CCOC(=O)/C(C#N)=C/NNC(=O)c1cc(C)oc1C. The van der Waals surface area contributed by atoms with Gasteiger partial charge >= 0.3 is 5.97 Å². The minimum atomic E-state index is -0.757. The van der Waals surface area contributed by atoms with Crippen LogP contribution in [0.25, 0.3) is 0 Å². The average Bonchev–Trinajstić information content (AvgIpc) is 2.73. The molecule has 106 valence electrons. The van der Waals surface area contributed by atoms with Crippen LogP contribution in [0, 0.1) is 25.2 Å². The van der Waals surface area contributed by atoms with Gasteiger partial charge in [-0.3, -0.25) is 10.2 Å². The molecule has 2 N–H and O–H groups in total. The molecule has 0 aliphatic rings. The molecule has 1 aromatic rings. The Morgan fingerprint density at radius 1 is 1.50 bits per heavy atom. The minimum Gasteiger partial charge on any atom is -0.466 e. The first-order valence-corrected chi connectivity index (χ1v) is 5.89. The largest absolute Gasteiger partial charge is 0.466 e. The number of ether oxygens (including phenoxy) is 1. The van der Waals surface area contributed by atoms with Crippen LogP contribution in [0.15, 0.2) is 22.3 Å². The van der Waals surface area contributed by atoms with Gasteiger partial charge in [0.15, 0.2) is 5.57 Å². The van der Waals surface area contributed by atoms with E-state index in [-0.39, 0.29) is 12.2 Å². The van der Waals surface area contributed by atoms with Crippen molar-refractivity contribution < 1.29 is 18.7 Å². The van der Waals surface area contributed by atoms with Crippen molar-refractivity contribution in [2.24, 2.45) is 0 Å². The van der Waals surface area contributed by atoms with Gasteiger partial charge < -0.3 is 14.6 Å². The number of hydrogen-bond acceptors (Lipinski definition) is 6. The summed E-state index contributed by atoms with van der Waals surface area (Å²) in [7, 11) is 0. The monoisotopic (exact) mass is 277 g/mol.